The molecule has 0 aliphatic carbocycles. The number of rotatable bonds is 10. The molecule has 1 aromatic carbocycles. The van der Waals surface area contributed by atoms with E-state index in [4.69, 9.17) is 9.47 Å². The lowest BCUT2D eigenvalue weighted by atomic mass is 10.1. The van der Waals surface area contributed by atoms with E-state index in [0.29, 0.717) is 6.04 Å². The van der Waals surface area contributed by atoms with Gasteiger partial charge in [-0.15, -0.1) is 0 Å². The summed E-state index contributed by atoms with van der Waals surface area (Å²) < 4.78 is 10.8. The van der Waals surface area contributed by atoms with Gasteiger partial charge in [-0.1, -0.05) is 12.8 Å². The maximum atomic E-state index is 5.42. The molecule has 2 fully saturated rings. The number of guanidine groups is 1. The fourth-order valence-electron chi connectivity index (χ4n) is 4.50. The maximum Gasteiger partial charge on any atom is 0.191 e. The largest absolute Gasteiger partial charge is 0.497 e. The number of benzene rings is 1. The molecule has 3 rings (SSSR count). The molecule has 0 spiro atoms. The lowest BCUT2D eigenvalue weighted by molar-refractivity contribution is 0.224. The van der Waals surface area contributed by atoms with Crippen LogP contribution in [0.15, 0.2) is 23.2 Å². The van der Waals surface area contributed by atoms with E-state index >= 15 is 0 Å². The summed E-state index contributed by atoms with van der Waals surface area (Å²) in [5.41, 5.74) is 1.14. The van der Waals surface area contributed by atoms with Crippen LogP contribution in [0, 0.1) is 0 Å². The molecule has 0 amide bonds. The molecular formula is C24H41N5O2. The van der Waals surface area contributed by atoms with Gasteiger partial charge in [-0.3, -0.25) is 4.99 Å². The Morgan fingerprint density at radius 1 is 1.00 bits per heavy atom. The first-order chi connectivity index (χ1) is 15.2. The molecule has 0 saturated carbocycles. The van der Waals surface area contributed by atoms with Crippen molar-refractivity contribution in [2.45, 2.75) is 51.0 Å². The SMILES string of the molecule is CN=C(NCCCCCN1CCCCC1)NC1CCN(c2cc(OC)cc(OC)c2)C1. The number of hydrogen-bond acceptors (Lipinski definition) is 5. The first-order valence-corrected chi connectivity index (χ1v) is 11.9. The fraction of sp³-hybridized carbons (Fsp3) is 0.708. The van der Waals surface area contributed by atoms with Crippen molar-refractivity contribution in [3.8, 4) is 11.5 Å². The van der Waals surface area contributed by atoms with E-state index in [1.54, 1.807) is 14.2 Å². The van der Waals surface area contributed by atoms with Crippen molar-refractivity contribution in [1.29, 1.82) is 0 Å². The van der Waals surface area contributed by atoms with E-state index in [2.05, 4.69) is 37.6 Å². The predicted molar refractivity (Wildman–Crippen MR) is 129 cm³/mol. The fourth-order valence-corrected chi connectivity index (χ4v) is 4.50. The Bertz CT molecular complexity index is 668. The average molecular weight is 432 g/mol. The highest BCUT2D eigenvalue weighted by Crippen LogP contribution is 2.30. The van der Waals surface area contributed by atoms with Crippen LogP contribution in [-0.4, -0.2) is 77.4 Å². The van der Waals surface area contributed by atoms with E-state index in [9.17, 15) is 0 Å². The van der Waals surface area contributed by atoms with Crippen molar-refractivity contribution in [2.24, 2.45) is 4.99 Å². The number of piperidine rings is 1. The van der Waals surface area contributed by atoms with Crippen molar-refractivity contribution in [1.82, 2.24) is 15.5 Å². The van der Waals surface area contributed by atoms with Crippen LogP contribution < -0.4 is 25.0 Å². The smallest absolute Gasteiger partial charge is 0.191 e. The van der Waals surface area contributed by atoms with Gasteiger partial charge in [0.15, 0.2) is 5.96 Å². The lowest BCUT2D eigenvalue weighted by Crippen LogP contribution is -2.44. The highest BCUT2D eigenvalue weighted by atomic mass is 16.5. The second-order valence-corrected chi connectivity index (χ2v) is 8.61. The molecule has 2 heterocycles. The molecule has 0 aromatic heterocycles. The number of unbranched alkanes of at least 4 members (excludes halogenated alkanes) is 2. The Morgan fingerprint density at radius 2 is 1.74 bits per heavy atom. The van der Waals surface area contributed by atoms with Crippen molar-refractivity contribution in [3.05, 3.63) is 18.2 Å². The summed E-state index contributed by atoms with van der Waals surface area (Å²) in [6, 6.07) is 6.43. The van der Waals surface area contributed by atoms with E-state index in [1.807, 2.05) is 13.1 Å². The molecule has 7 heteroatoms. The zero-order valence-corrected chi connectivity index (χ0v) is 19.7. The number of methoxy groups -OCH3 is 2. The molecule has 2 saturated heterocycles. The second kappa shape index (κ2) is 12.6. The summed E-state index contributed by atoms with van der Waals surface area (Å²) in [5.74, 6) is 2.55. The number of nitrogens with zero attached hydrogens (tertiary/aromatic N) is 3. The number of anilines is 1. The van der Waals surface area contributed by atoms with Crippen LogP contribution >= 0.6 is 0 Å². The van der Waals surface area contributed by atoms with Crippen LogP contribution in [0.25, 0.3) is 0 Å². The predicted octanol–water partition coefficient (Wildman–Crippen LogP) is 3.10. The van der Waals surface area contributed by atoms with Gasteiger partial charge in [-0.2, -0.15) is 0 Å². The summed E-state index contributed by atoms with van der Waals surface area (Å²) in [5, 5.41) is 7.08. The van der Waals surface area contributed by atoms with Gasteiger partial charge < -0.3 is 29.9 Å². The molecule has 1 atom stereocenters. The molecule has 0 radical (unpaired) electrons. The molecule has 174 valence electrons. The van der Waals surface area contributed by atoms with Crippen molar-refractivity contribution in [2.75, 3.05) is 65.4 Å². The summed E-state index contributed by atoms with van der Waals surface area (Å²) in [6.07, 6.45) is 9.02. The van der Waals surface area contributed by atoms with Crippen LogP contribution in [0.2, 0.25) is 0 Å². The topological polar surface area (TPSA) is 61.4 Å². The molecule has 7 nitrogen and oxygen atoms in total. The molecule has 2 N–H and O–H groups in total. The molecule has 2 aliphatic heterocycles. The molecule has 31 heavy (non-hydrogen) atoms. The van der Waals surface area contributed by atoms with Crippen LogP contribution in [0.1, 0.15) is 44.9 Å². The van der Waals surface area contributed by atoms with E-state index < -0.39 is 0 Å². The third-order valence-corrected chi connectivity index (χ3v) is 6.35. The summed E-state index contributed by atoms with van der Waals surface area (Å²) in [7, 11) is 5.23. The Kier molecular flexibility index (Phi) is 9.59. The summed E-state index contributed by atoms with van der Waals surface area (Å²) >= 11 is 0. The molecule has 0 bridgehead atoms. The first-order valence-electron chi connectivity index (χ1n) is 11.9. The quantitative estimate of drug-likeness (QED) is 0.337. The van der Waals surface area contributed by atoms with Crippen LogP contribution in [-0.2, 0) is 0 Å². The average Bonchev–Trinajstić information content (AvgIpc) is 3.29. The maximum absolute atomic E-state index is 5.42. The summed E-state index contributed by atoms with van der Waals surface area (Å²) in [6.45, 7) is 6.78. The van der Waals surface area contributed by atoms with E-state index in [1.165, 1.54) is 58.2 Å². The third-order valence-electron chi connectivity index (χ3n) is 6.35. The first kappa shape index (κ1) is 23.5. The highest BCUT2D eigenvalue weighted by molar-refractivity contribution is 5.80. The lowest BCUT2D eigenvalue weighted by Gasteiger charge is -2.26. The third kappa shape index (κ3) is 7.49. The molecular weight excluding hydrogens is 390 g/mol. The van der Waals surface area contributed by atoms with Crippen LogP contribution in [0.3, 0.4) is 0 Å². The Balaban J connectivity index is 1.35. The zero-order chi connectivity index (χ0) is 21.9. The van der Waals surface area contributed by atoms with Gasteiger partial charge in [0.1, 0.15) is 11.5 Å². The number of hydrogen-bond donors (Lipinski definition) is 2. The molecule has 1 aromatic rings. The highest BCUT2D eigenvalue weighted by Gasteiger charge is 2.24. The van der Waals surface area contributed by atoms with E-state index in [-0.39, 0.29) is 0 Å². The van der Waals surface area contributed by atoms with E-state index in [0.717, 1.165) is 49.2 Å². The Hall–Kier alpha value is -2.15. The van der Waals surface area contributed by atoms with Gasteiger partial charge in [-0.05, 0) is 51.7 Å². The van der Waals surface area contributed by atoms with Gasteiger partial charge in [0, 0.05) is 56.6 Å². The second-order valence-electron chi connectivity index (χ2n) is 8.61. The standard InChI is InChI=1S/C24H41N5O2/c1-25-24(26-11-6-4-7-12-28-13-8-5-9-14-28)27-20-10-15-29(19-20)21-16-22(30-2)18-23(17-21)31-3/h16-18,20H,4-15,19H2,1-3H3,(H2,25,26,27). The normalized spacial score (nSPS) is 20.0. The van der Waals surface area contributed by atoms with Crippen molar-refractivity contribution < 1.29 is 9.47 Å². The minimum Gasteiger partial charge on any atom is -0.497 e. The number of aliphatic imine (C=N–C) groups is 1. The van der Waals surface area contributed by atoms with Crippen LogP contribution in [0.5, 0.6) is 11.5 Å². The minimum absolute atomic E-state index is 0.377. The Labute approximate surface area is 188 Å². The number of ether oxygens (including phenoxy) is 2. The molecule has 1 unspecified atom stereocenters. The minimum atomic E-state index is 0.377. The van der Waals surface area contributed by atoms with Gasteiger partial charge in [-0.25, -0.2) is 0 Å². The number of nitrogens with one attached hydrogen (secondary N) is 2. The monoisotopic (exact) mass is 431 g/mol. The zero-order valence-electron chi connectivity index (χ0n) is 19.7. The summed E-state index contributed by atoms with van der Waals surface area (Å²) in [4.78, 5) is 9.42. The van der Waals surface area contributed by atoms with Crippen molar-refractivity contribution >= 4 is 11.6 Å². The molecule has 2 aliphatic rings. The number of likely N-dealkylation sites (tertiary alicyclic amines) is 1. The van der Waals surface area contributed by atoms with Gasteiger partial charge in [0.25, 0.3) is 0 Å². The van der Waals surface area contributed by atoms with Gasteiger partial charge >= 0.3 is 0 Å². The Morgan fingerprint density at radius 3 is 2.42 bits per heavy atom. The van der Waals surface area contributed by atoms with Crippen LogP contribution in [0.4, 0.5) is 5.69 Å². The van der Waals surface area contributed by atoms with Crippen molar-refractivity contribution in [3.63, 3.8) is 0 Å². The van der Waals surface area contributed by atoms with Gasteiger partial charge in [0.05, 0.1) is 14.2 Å². The van der Waals surface area contributed by atoms with Gasteiger partial charge in [0.2, 0.25) is 0 Å².